The number of fused-ring (bicyclic) bond motifs is 1. The average Bonchev–Trinajstić information content (AvgIpc) is 2.53. The van der Waals surface area contributed by atoms with Gasteiger partial charge in [-0.05, 0) is 0 Å². The van der Waals surface area contributed by atoms with Crippen molar-refractivity contribution in [1.82, 2.24) is 0 Å². The van der Waals surface area contributed by atoms with E-state index in [1.165, 1.54) is 31.2 Å². The molecule has 0 aliphatic heterocycles. The zero-order valence-electron chi connectivity index (χ0n) is 8.69. The van der Waals surface area contributed by atoms with E-state index in [0.29, 0.717) is 0 Å². The van der Waals surface area contributed by atoms with Gasteiger partial charge in [-0.1, -0.05) is 32.6 Å². The van der Waals surface area contributed by atoms with Gasteiger partial charge in [-0.2, -0.15) is 28.8 Å². The maximum absolute atomic E-state index is 3.39. The molecule has 0 radical (unpaired) electrons. The van der Waals surface area contributed by atoms with Crippen molar-refractivity contribution in [2.45, 2.75) is 32.6 Å². The molecular weight excluding hydrogens is 208 g/mol. The van der Waals surface area contributed by atoms with Crippen LogP contribution in [0.5, 0.6) is 0 Å². The van der Waals surface area contributed by atoms with E-state index < -0.39 is 0 Å². The average molecular weight is 226 g/mol. The third-order valence-corrected chi connectivity index (χ3v) is 2.52. The van der Waals surface area contributed by atoms with Crippen LogP contribution in [-0.4, -0.2) is 10.2 Å². The van der Waals surface area contributed by atoms with E-state index in [9.17, 15) is 0 Å². The van der Waals surface area contributed by atoms with Crippen LogP contribution in [0.3, 0.4) is 0 Å². The first-order valence-corrected chi connectivity index (χ1v) is 6.24. The van der Waals surface area contributed by atoms with Crippen molar-refractivity contribution in [2.75, 3.05) is 0 Å². The van der Waals surface area contributed by atoms with Crippen molar-refractivity contribution in [3.8, 4) is 0 Å². The van der Waals surface area contributed by atoms with Crippen molar-refractivity contribution in [2.24, 2.45) is 0 Å². The van der Waals surface area contributed by atoms with Gasteiger partial charge in [0.05, 0.1) is 0 Å². The molecule has 0 amide bonds. The summed E-state index contributed by atoms with van der Waals surface area (Å²) in [7, 11) is 1.06. The fourth-order valence-electron chi connectivity index (χ4n) is 1.89. The molecular formula is C11H18SiTi. The first kappa shape index (κ1) is 13.3. The Morgan fingerprint density at radius 1 is 1.31 bits per heavy atom. The molecule has 70 valence electrons. The minimum absolute atomic E-state index is 0. The van der Waals surface area contributed by atoms with Crippen molar-refractivity contribution in [3.05, 3.63) is 35.4 Å². The van der Waals surface area contributed by atoms with Gasteiger partial charge in [0.15, 0.2) is 0 Å². The van der Waals surface area contributed by atoms with Crippen molar-refractivity contribution in [1.29, 1.82) is 0 Å². The Kier molecular flexibility index (Phi) is 6.84. The van der Waals surface area contributed by atoms with Crippen LogP contribution < -0.4 is 0 Å². The van der Waals surface area contributed by atoms with E-state index in [1.807, 2.05) is 0 Å². The van der Waals surface area contributed by atoms with Crippen LogP contribution in [-0.2, 0) is 34.6 Å². The fraction of sp³-hybridized carbons (Fsp3) is 0.455. The molecule has 1 aromatic rings. The van der Waals surface area contributed by atoms with Crippen LogP contribution in [0.25, 0.3) is 0 Å². The summed E-state index contributed by atoms with van der Waals surface area (Å²) in [5.41, 5.74) is 4.77. The van der Waals surface area contributed by atoms with Crippen LogP contribution in [0.4, 0.5) is 0 Å². The summed E-state index contributed by atoms with van der Waals surface area (Å²) in [5, 5.41) is 0. The van der Waals surface area contributed by atoms with Gasteiger partial charge in [0, 0.05) is 0 Å². The number of rotatable bonds is 0. The molecule has 0 bridgehead atoms. The predicted molar refractivity (Wildman–Crippen MR) is 58.7 cm³/mol. The molecule has 0 saturated carbocycles. The molecule has 0 unspecified atom stereocenters. The second kappa shape index (κ2) is 6.69. The van der Waals surface area contributed by atoms with Gasteiger partial charge >= 0.3 is 21.7 Å². The summed E-state index contributed by atoms with van der Waals surface area (Å²) >= 11 is 0. The van der Waals surface area contributed by atoms with Gasteiger partial charge in [-0.25, -0.2) is 0 Å². The predicted octanol–water partition coefficient (Wildman–Crippen LogP) is 1.73. The molecule has 0 aromatic heterocycles. The second-order valence-electron chi connectivity index (χ2n) is 3.23. The molecule has 2 heteroatoms. The van der Waals surface area contributed by atoms with Crippen LogP contribution >= 0.6 is 0 Å². The Bertz CT molecular complexity index is 240. The molecule has 0 fully saturated rings. The summed E-state index contributed by atoms with van der Waals surface area (Å²) < 4.78 is 0. The number of aryl methyl sites for hydroxylation is 2. The molecule has 0 nitrogen and oxygen atoms in total. The van der Waals surface area contributed by atoms with Crippen molar-refractivity contribution in [3.63, 3.8) is 0 Å². The van der Waals surface area contributed by atoms with E-state index in [1.54, 1.807) is 11.1 Å². The summed E-state index contributed by atoms with van der Waals surface area (Å²) in [6.45, 7) is 5.62. The topological polar surface area (TPSA) is 0 Å². The van der Waals surface area contributed by atoms with Gasteiger partial charge in [-0.3, -0.25) is 0 Å². The Morgan fingerprint density at radius 2 is 1.92 bits per heavy atom. The monoisotopic (exact) mass is 226 g/mol. The molecule has 0 saturated heterocycles. The normalized spacial score (nSPS) is 13.7. The summed E-state index contributed by atoms with van der Waals surface area (Å²) in [5.74, 6) is 0. The quantitative estimate of drug-likeness (QED) is 0.467. The van der Waals surface area contributed by atoms with Crippen LogP contribution in [0.2, 0.25) is 0 Å². The standard InChI is InChI=1S/C10H13.CH5Si.Ti/c1-8-6-7-9-4-2-3-5-10(8)9;1-2;/h6-7H,2-5H2,1H3;1H2,2H3;/q2*-1;+2. The van der Waals surface area contributed by atoms with E-state index in [0.717, 1.165) is 10.2 Å². The first-order valence-electron chi connectivity index (χ1n) is 4.82. The molecule has 0 spiro atoms. The Morgan fingerprint density at radius 3 is 2.54 bits per heavy atom. The molecule has 0 atom stereocenters. The summed E-state index contributed by atoms with van der Waals surface area (Å²) in [4.78, 5) is 0. The van der Waals surface area contributed by atoms with Crippen molar-refractivity contribution >= 4 is 10.2 Å². The molecule has 1 aliphatic carbocycles. The van der Waals surface area contributed by atoms with Gasteiger partial charge < -0.3 is 6.55 Å². The number of hydrogen-bond acceptors (Lipinski definition) is 0. The molecule has 1 aliphatic rings. The Labute approximate surface area is 99.8 Å². The second-order valence-corrected chi connectivity index (χ2v) is 3.23. The van der Waals surface area contributed by atoms with E-state index in [-0.39, 0.29) is 21.7 Å². The largest absolute Gasteiger partial charge is 2.00 e. The molecule has 2 rings (SSSR count). The third-order valence-electron chi connectivity index (χ3n) is 2.52. The van der Waals surface area contributed by atoms with Crippen LogP contribution in [0, 0.1) is 13.5 Å². The van der Waals surface area contributed by atoms with Crippen LogP contribution in [0.1, 0.15) is 29.5 Å². The first-order chi connectivity index (χ1) is 5.88. The molecule has 0 N–H and O–H groups in total. The van der Waals surface area contributed by atoms with E-state index in [2.05, 4.69) is 25.6 Å². The van der Waals surface area contributed by atoms with E-state index in [4.69, 9.17) is 0 Å². The molecule has 0 heterocycles. The van der Waals surface area contributed by atoms with E-state index >= 15 is 0 Å². The van der Waals surface area contributed by atoms with Crippen molar-refractivity contribution < 1.29 is 21.7 Å². The smallest absolute Gasteiger partial charge is 0.351 e. The maximum atomic E-state index is 3.39. The third kappa shape index (κ3) is 3.16. The Balaban J connectivity index is 0.000000451. The van der Waals surface area contributed by atoms with Crippen LogP contribution in [0.15, 0.2) is 12.1 Å². The summed E-state index contributed by atoms with van der Waals surface area (Å²) in [6.07, 6.45) is 5.45. The zero-order chi connectivity index (χ0) is 8.97. The van der Waals surface area contributed by atoms with Gasteiger partial charge in [0.25, 0.3) is 0 Å². The Hall–Kier alpha value is 0.281. The van der Waals surface area contributed by atoms with Gasteiger partial charge in [-0.15, -0.1) is 10.2 Å². The SMILES string of the molecule is Cc1c[cH-]c2c1CCCC2.[CH2-][SiH3].[Ti+2]. The fourth-order valence-corrected chi connectivity index (χ4v) is 1.89. The maximum Gasteiger partial charge on any atom is 2.00 e. The van der Waals surface area contributed by atoms with Gasteiger partial charge in [0.2, 0.25) is 0 Å². The zero-order valence-corrected chi connectivity index (χ0v) is 12.3. The summed E-state index contributed by atoms with van der Waals surface area (Å²) in [6, 6.07) is 4.56. The van der Waals surface area contributed by atoms with Gasteiger partial charge in [0.1, 0.15) is 0 Å². The minimum atomic E-state index is 0. The number of hydrogen-bond donors (Lipinski definition) is 0. The minimum Gasteiger partial charge on any atom is -0.351 e. The molecule has 13 heavy (non-hydrogen) atoms. The molecule has 1 aromatic carbocycles.